The number of hydrogen-bond donors (Lipinski definition) is 6. The molecule has 0 saturated carbocycles. The fraction of sp³-hybridized carbons (Fsp3) is 0.688. The molecule has 0 aromatic rings. The van der Waals surface area contributed by atoms with Crippen molar-refractivity contribution in [1.29, 1.82) is 0 Å². The molecule has 0 bridgehead atoms. The van der Waals surface area contributed by atoms with Crippen molar-refractivity contribution < 1.29 is 29.1 Å². The van der Waals surface area contributed by atoms with E-state index >= 15 is 0 Å². The van der Waals surface area contributed by atoms with Crippen LogP contribution in [0.15, 0.2) is 0 Å². The molecule has 11 heteroatoms. The second kappa shape index (κ2) is 11.8. The molecule has 8 N–H and O–H groups in total. The van der Waals surface area contributed by atoms with E-state index in [1.54, 1.807) is 0 Å². The molecule has 0 rings (SSSR count). The highest BCUT2D eigenvalue weighted by molar-refractivity contribution is 5.92. The van der Waals surface area contributed by atoms with E-state index in [9.17, 15) is 24.0 Å². The third-order valence-electron chi connectivity index (χ3n) is 3.55. The lowest BCUT2D eigenvalue weighted by molar-refractivity contribution is -0.142. The molecular weight excluding hydrogens is 358 g/mol. The third kappa shape index (κ3) is 10.8. The quantitative estimate of drug-likeness (QED) is 0.219. The van der Waals surface area contributed by atoms with Crippen LogP contribution in [-0.4, -0.2) is 59.4 Å². The molecule has 0 aromatic carbocycles. The summed E-state index contributed by atoms with van der Waals surface area (Å²) in [4.78, 5) is 57.4. The largest absolute Gasteiger partial charge is 0.480 e. The van der Waals surface area contributed by atoms with E-state index < -0.39 is 47.7 Å². The van der Waals surface area contributed by atoms with Crippen LogP contribution in [0.25, 0.3) is 0 Å². The fourth-order valence-corrected chi connectivity index (χ4v) is 2.11. The summed E-state index contributed by atoms with van der Waals surface area (Å²) in [5.41, 5.74) is 10.6. The van der Waals surface area contributed by atoms with Gasteiger partial charge in [0.05, 0.1) is 12.6 Å². The van der Waals surface area contributed by atoms with Crippen LogP contribution in [0, 0.1) is 5.92 Å². The van der Waals surface area contributed by atoms with Crippen molar-refractivity contribution in [2.24, 2.45) is 17.4 Å². The van der Waals surface area contributed by atoms with Crippen molar-refractivity contribution >= 4 is 29.6 Å². The molecule has 0 saturated heterocycles. The SMILES string of the molecule is CC(C)CC(N)C(=O)NCC(=O)NC(C)C(=O)NC(CCC(N)=O)C(=O)O. The van der Waals surface area contributed by atoms with Gasteiger partial charge in [-0.25, -0.2) is 4.79 Å². The topological polar surface area (TPSA) is 194 Å². The summed E-state index contributed by atoms with van der Waals surface area (Å²) >= 11 is 0. The Balaban J connectivity index is 4.43. The van der Waals surface area contributed by atoms with Gasteiger partial charge in [0.2, 0.25) is 23.6 Å². The molecule has 0 aliphatic rings. The van der Waals surface area contributed by atoms with E-state index in [1.807, 2.05) is 13.8 Å². The summed E-state index contributed by atoms with van der Waals surface area (Å²) in [6.07, 6.45) is 0.0929. The molecule has 0 spiro atoms. The Labute approximate surface area is 157 Å². The van der Waals surface area contributed by atoms with Gasteiger partial charge in [0, 0.05) is 6.42 Å². The summed E-state index contributed by atoms with van der Waals surface area (Å²) < 4.78 is 0. The number of carbonyl (C=O) groups is 5. The van der Waals surface area contributed by atoms with Gasteiger partial charge in [-0.15, -0.1) is 0 Å². The van der Waals surface area contributed by atoms with Crippen molar-refractivity contribution in [3.05, 3.63) is 0 Å². The second-order valence-electron chi connectivity index (χ2n) is 6.65. The van der Waals surface area contributed by atoms with Crippen LogP contribution in [0.3, 0.4) is 0 Å². The monoisotopic (exact) mass is 387 g/mol. The molecule has 3 unspecified atom stereocenters. The summed E-state index contributed by atoms with van der Waals surface area (Å²) in [7, 11) is 0. The zero-order chi connectivity index (χ0) is 21.1. The van der Waals surface area contributed by atoms with Crippen molar-refractivity contribution in [3.63, 3.8) is 0 Å². The minimum Gasteiger partial charge on any atom is -0.480 e. The number of hydrogen-bond acceptors (Lipinski definition) is 6. The predicted octanol–water partition coefficient (Wildman–Crippen LogP) is -2.18. The van der Waals surface area contributed by atoms with Gasteiger partial charge in [0.15, 0.2) is 0 Å². The smallest absolute Gasteiger partial charge is 0.326 e. The summed E-state index contributed by atoms with van der Waals surface area (Å²) in [5.74, 6) is -3.65. The summed E-state index contributed by atoms with van der Waals surface area (Å²) in [6.45, 7) is 4.81. The van der Waals surface area contributed by atoms with E-state index in [0.717, 1.165) is 0 Å². The van der Waals surface area contributed by atoms with Gasteiger partial charge in [0.1, 0.15) is 12.1 Å². The normalized spacial score (nSPS) is 14.0. The van der Waals surface area contributed by atoms with Crippen LogP contribution in [0.5, 0.6) is 0 Å². The zero-order valence-corrected chi connectivity index (χ0v) is 15.8. The van der Waals surface area contributed by atoms with Crippen LogP contribution in [0.2, 0.25) is 0 Å². The van der Waals surface area contributed by atoms with E-state index in [4.69, 9.17) is 16.6 Å². The average molecular weight is 387 g/mol. The maximum atomic E-state index is 12.0. The molecule has 3 atom stereocenters. The van der Waals surface area contributed by atoms with Gasteiger partial charge >= 0.3 is 5.97 Å². The number of carboxylic acid groups (broad SMARTS) is 1. The van der Waals surface area contributed by atoms with E-state index in [-0.39, 0.29) is 25.3 Å². The van der Waals surface area contributed by atoms with Gasteiger partial charge in [-0.05, 0) is 25.7 Å². The lowest BCUT2D eigenvalue weighted by Gasteiger charge is -2.19. The lowest BCUT2D eigenvalue weighted by atomic mass is 10.0. The predicted molar refractivity (Wildman–Crippen MR) is 96.0 cm³/mol. The van der Waals surface area contributed by atoms with E-state index in [2.05, 4.69) is 16.0 Å². The lowest BCUT2D eigenvalue weighted by Crippen LogP contribution is -2.52. The molecule has 0 fully saturated rings. The Morgan fingerprint density at radius 1 is 1.00 bits per heavy atom. The van der Waals surface area contributed by atoms with Crippen molar-refractivity contribution in [3.8, 4) is 0 Å². The molecule has 11 nitrogen and oxygen atoms in total. The molecule has 27 heavy (non-hydrogen) atoms. The second-order valence-corrected chi connectivity index (χ2v) is 6.65. The minimum absolute atomic E-state index is 0.166. The van der Waals surface area contributed by atoms with Crippen LogP contribution in [-0.2, 0) is 24.0 Å². The molecule has 4 amide bonds. The molecule has 0 heterocycles. The van der Waals surface area contributed by atoms with Crippen molar-refractivity contribution in [2.75, 3.05) is 6.54 Å². The standard InChI is InChI=1S/C16H29N5O6/c1-8(2)6-10(17)15(25)19-7-13(23)20-9(3)14(24)21-11(16(26)27)4-5-12(18)22/h8-11H,4-7,17H2,1-3H3,(H2,18,22)(H,19,25)(H,20,23)(H,21,24)(H,26,27). The van der Waals surface area contributed by atoms with Crippen LogP contribution >= 0.6 is 0 Å². The molecule has 0 aromatic heterocycles. The number of amides is 4. The number of carbonyl (C=O) groups excluding carboxylic acids is 4. The third-order valence-corrected chi connectivity index (χ3v) is 3.55. The number of rotatable bonds is 12. The molecule has 0 radical (unpaired) electrons. The van der Waals surface area contributed by atoms with Gasteiger partial charge in [-0.3, -0.25) is 19.2 Å². The van der Waals surface area contributed by atoms with Crippen molar-refractivity contribution in [1.82, 2.24) is 16.0 Å². The van der Waals surface area contributed by atoms with Gasteiger partial charge in [0.25, 0.3) is 0 Å². The minimum atomic E-state index is -1.32. The first kappa shape index (κ1) is 24.3. The molecular formula is C16H29N5O6. The number of aliphatic carboxylic acids is 1. The summed E-state index contributed by atoms with van der Waals surface area (Å²) in [5, 5.41) is 16.0. The first-order chi connectivity index (χ1) is 12.4. The Morgan fingerprint density at radius 3 is 2.07 bits per heavy atom. The van der Waals surface area contributed by atoms with E-state index in [0.29, 0.717) is 6.42 Å². The Bertz CT molecular complexity index is 566. The maximum absolute atomic E-state index is 12.0. The summed E-state index contributed by atoms with van der Waals surface area (Å²) in [6, 6.07) is -3.09. The van der Waals surface area contributed by atoms with Gasteiger partial charge in [-0.1, -0.05) is 13.8 Å². The molecule has 0 aliphatic heterocycles. The number of primary amides is 1. The van der Waals surface area contributed by atoms with Crippen LogP contribution in [0.4, 0.5) is 0 Å². The first-order valence-corrected chi connectivity index (χ1v) is 8.58. The Hall–Kier alpha value is -2.69. The first-order valence-electron chi connectivity index (χ1n) is 8.58. The zero-order valence-electron chi connectivity index (χ0n) is 15.8. The maximum Gasteiger partial charge on any atom is 0.326 e. The fourth-order valence-electron chi connectivity index (χ4n) is 2.11. The highest BCUT2D eigenvalue weighted by Crippen LogP contribution is 2.02. The van der Waals surface area contributed by atoms with Crippen molar-refractivity contribution in [2.45, 2.75) is 58.2 Å². The number of nitrogens with one attached hydrogen (secondary N) is 3. The highest BCUT2D eigenvalue weighted by atomic mass is 16.4. The number of carboxylic acids is 1. The average Bonchev–Trinajstić information content (AvgIpc) is 2.54. The number of nitrogens with two attached hydrogens (primary N) is 2. The van der Waals surface area contributed by atoms with E-state index in [1.165, 1.54) is 6.92 Å². The van der Waals surface area contributed by atoms with Crippen LogP contribution < -0.4 is 27.4 Å². The Kier molecular flexibility index (Phi) is 10.7. The van der Waals surface area contributed by atoms with Crippen LogP contribution in [0.1, 0.15) is 40.0 Å². The molecule has 154 valence electrons. The van der Waals surface area contributed by atoms with Gasteiger partial charge < -0.3 is 32.5 Å². The van der Waals surface area contributed by atoms with Gasteiger partial charge in [-0.2, -0.15) is 0 Å². The highest BCUT2D eigenvalue weighted by Gasteiger charge is 2.24. The molecule has 0 aliphatic carbocycles. The Morgan fingerprint density at radius 2 is 1.59 bits per heavy atom.